The Labute approximate surface area is 126 Å². The van der Waals surface area contributed by atoms with Crippen molar-refractivity contribution in [2.24, 2.45) is 0 Å². The highest BCUT2D eigenvalue weighted by Crippen LogP contribution is 2.28. The van der Waals surface area contributed by atoms with Crippen molar-refractivity contribution < 1.29 is 9.50 Å². The Morgan fingerprint density at radius 1 is 1.29 bits per heavy atom. The molecule has 4 nitrogen and oxygen atoms in total. The standard InChI is InChI=1S/C16H26FN3O/c1-3-19-7-9-20(10-8-19)16-5-4-14(17)12-15(16)13(2)18-6-11-21/h4-5,12-13,18,21H,3,6-11H2,1-2H3. The summed E-state index contributed by atoms with van der Waals surface area (Å²) in [5.74, 6) is -0.210. The van der Waals surface area contributed by atoms with Crippen LogP contribution in [0.15, 0.2) is 18.2 Å². The molecular formula is C16H26FN3O. The zero-order chi connectivity index (χ0) is 15.2. The molecule has 1 atom stereocenters. The summed E-state index contributed by atoms with van der Waals surface area (Å²) in [6, 6.07) is 5.04. The number of piperazine rings is 1. The maximum Gasteiger partial charge on any atom is 0.123 e. The molecule has 1 aliphatic heterocycles. The van der Waals surface area contributed by atoms with E-state index >= 15 is 0 Å². The van der Waals surface area contributed by atoms with E-state index < -0.39 is 0 Å². The topological polar surface area (TPSA) is 38.7 Å². The molecule has 1 fully saturated rings. The molecule has 0 amide bonds. The summed E-state index contributed by atoms with van der Waals surface area (Å²) >= 11 is 0. The lowest BCUT2D eigenvalue weighted by molar-refractivity contribution is 0.270. The van der Waals surface area contributed by atoms with Gasteiger partial charge in [0, 0.05) is 44.5 Å². The van der Waals surface area contributed by atoms with Gasteiger partial charge in [-0.3, -0.25) is 0 Å². The molecule has 2 rings (SSSR count). The number of rotatable bonds is 6. The zero-order valence-corrected chi connectivity index (χ0v) is 13.0. The lowest BCUT2D eigenvalue weighted by atomic mass is 10.0. The number of nitrogens with zero attached hydrogens (tertiary/aromatic N) is 2. The fourth-order valence-corrected chi connectivity index (χ4v) is 2.86. The third kappa shape index (κ3) is 4.15. The Balaban J connectivity index is 2.15. The van der Waals surface area contributed by atoms with E-state index in [1.54, 1.807) is 6.07 Å². The number of aliphatic hydroxyl groups is 1. The summed E-state index contributed by atoms with van der Waals surface area (Å²) in [6.07, 6.45) is 0. The molecule has 5 heteroatoms. The van der Waals surface area contributed by atoms with Crippen LogP contribution in [0.25, 0.3) is 0 Å². The minimum atomic E-state index is -0.210. The molecule has 0 spiro atoms. The van der Waals surface area contributed by atoms with Crippen LogP contribution in [-0.4, -0.2) is 55.9 Å². The third-order valence-electron chi connectivity index (χ3n) is 4.18. The van der Waals surface area contributed by atoms with Crippen molar-refractivity contribution >= 4 is 5.69 Å². The lowest BCUT2D eigenvalue weighted by Crippen LogP contribution is -2.46. The van der Waals surface area contributed by atoms with Gasteiger partial charge in [-0.15, -0.1) is 0 Å². The maximum absolute atomic E-state index is 13.6. The van der Waals surface area contributed by atoms with Gasteiger partial charge in [-0.2, -0.15) is 0 Å². The quantitative estimate of drug-likeness (QED) is 0.836. The second-order valence-corrected chi connectivity index (χ2v) is 5.52. The number of anilines is 1. The highest BCUT2D eigenvalue weighted by Gasteiger charge is 2.20. The number of aliphatic hydroxyl groups excluding tert-OH is 1. The predicted molar refractivity (Wildman–Crippen MR) is 84.2 cm³/mol. The van der Waals surface area contributed by atoms with Crippen LogP contribution in [0, 0.1) is 5.82 Å². The van der Waals surface area contributed by atoms with E-state index in [0.717, 1.165) is 44.0 Å². The number of hydrogen-bond donors (Lipinski definition) is 2. The molecule has 1 saturated heterocycles. The van der Waals surface area contributed by atoms with Gasteiger partial charge in [0.05, 0.1) is 6.61 Å². The van der Waals surface area contributed by atoms with Crippen molar-refractivity contribution in [1.29, 1.82) is 0 Å². The number of nitrogens with one attached hydrogen (secondary N) is 1. The number of likely N-dealkylation sites (N-methyl/N-ethyl adjacent to an activating group) is 1. The molecule has 0 radical (unpaired) electrons. The Morgan fingerprint density at radius 2 is 2.00 bits per heavy atom. The van der Waals surface area contributed by atoms with Gasteiger partial charge in [-0.25, -0.2) is 4.39 Å². The van der Waals surface area contributed by atoms with E-state index in [-0.39, 0.29) is 18.5 Å². The van der Waals surface area contributed by atoms with E-state index in [0.29, 0.717) is 6.54 Å². The van der Waals surface area contributed by atoms with Crippen molar-refractivity contribution in [2.75, 3.05) is 50.8 Å². The highest BCUT2D eigenvalue weighted by atomic mass is 19.1. The molecular weight excluding hydrogens is 269 g/mol. The third-order valence-corrected chi connectivity index (χ3v) is 4.18. The van der Waals surface area contributed by atoms with Gasteiger partial charge < -0.3 is 20.2 Å². The lowest BCUT2D eigenvalue weighted by Gasteiger charge is -2.37. The summed E-state index contributed by atoms with van der Waals surface area (Å²) in [5.41, 5.74) is 2.07. The van der Waals surface area contributed by atoms with E-state index in [1.807, 2.05) is 13.0 Å². The van der Waals surface area contributed by atoms with Crippen molar-refractivity contribution in [3.8, 4) is 0 Å². The molecule has 1 heterocycles. The number of hydrogen-bond acceptors (Lipinski definition) is 4. The SMILES string of the molecule is CCN1CCN(c2ccc(F)cc2C(C)NCCO)CC1. The van der Waals surface area contributed by atoms with Crippen LogP contribution in [0.1, 0.15) is 25.5 Å². The van der Waals surface area contributed by atoms with E-state index in [4.69, 9.17) is 5.11 Å². The largest absolute Gasteiger partial charge is 0.395 e. The molecule has 0 bridgehead atoms. The molecule has 1 aromatic rings. The Hall–Kier alpha value is -1.17. The van der Waals surface area contributed by atoms with Crippen molar-refractivity contribution in [2.45, 2.75) is 19.9 Å². The minimum Gasteiger partial charge on any atom is -0.395 e. The van der Waals surface area contributed by atoms with Gasteiger partial charge in [-0.1, -0.05) is 6.92 Å². The second kappa shape index (κ2) is 7.73. The van der Waals surface area contributed by atoms with Crippen LogP contribution in [0.4, 0.5) is 10.1 Å². The van der Waals surface area contributed by atoms with Gasteiger partial charge >= 0.3 is 0 Å². The van der Waals surface area contributed by atoms with Crippen molar-refractivity contribution in [3.05, 3.63) is 29.6 Å². The van der Waals surface area contributed by atoms with Gasteiger partial charge in [0.25, 0.3) is 0 Å². The van der Waals surface area contributed by atoms with E-state index in [2.05, 4.69) is 22.0 Å². The molecule has 21 heavy (non-hydrogen) atoms. The molecule has 0 aliphatic carbocycles. The summed E-state index contributed by atoms with van der Waals surface area (Å²) in [7, 11) is 0. The first-order valence-electron chi connectivity index (χ1n) is 7.76. The number of benzene rings is 1. The first-order chi connectivity index (χ1) is 10.2. The monoisotopic (exact) mass is 295 g/mol. The van der Waals surface area contributed by atoms with Gasteiger partial charge in [0.1, 0.15) is 5.82 Å². The normalized spacial score (nSPS) is 18.0. The van der Waals surface area contributed by atoms with Crippen LogP contribution >= 0.6 is 0 Å². The fourth-order valence-electron chi connectivity index (χ4n) is 2.86. The van der Waals surface area contributed by atoms with Gasteiger partial charge in [-0.05, 0) is 37.2 Å². The molecule has 2 N–H and O–H groups in total. The van der Waals surface area contributed by atoms with Crippen LogP contribution in [0.5, 0.6) is 0 Å². The van der Waals surface area contributed by atoms with E-state index in [9.17, 15) is 4.39 Å². The predicted octanol–water partition coefficient (Wildman–Crippen LogP) is 1.61. The summed E-state index contributed by atoms with van der Waals surface area (Å²) in [5, 5.41) is 12.2. The molecule has 118 valence electrons. The highest BCUT2D eigenvalue weighted by molar-refractivity contribution is 5.55. The van der Waals surface area contributed by atoms with Crippen molar-refractivity contribution in [1.82, 2.24) is 10.2 Å². The molecule has 1 aromatic carbocycles. The molecule has 0 aromatic heterocycles. The van der Waals surface area contributed by atoms with E-state index in [1.165, 1.54) is 6.07 Å². The summed E-state index contributed by atoms with van der Waals surface area (Å²) in [4.78, 5) is 4.76. The zero-order valence-electron chi connectivity index (χ0n) is 13.0. The van der Waals surface area contributed by atoms with Crippen LogP contribution in [0.2, 0.25) is 0 Å². The Kier molecular flexibility index (Phi) is 5.96. The Bertz CT molecular complexity index is 447. The summed E-state index contributed by atoms with van der Waals surface area (Å²) < 4.78 is 13.6. The van der Waals surface area contributed by atoms with Crippen LogP contribution in [0.3, 0.4) is 0 Å². The van der Waals surface area contributed by atoms with Crippen LogP contribution < -0.4 is 10.2 Å². The first-order valence-corrected chi connectivity index (χ1v) is 7.76. The number of halogens is 1. The Morgan fingerprint density at radius 3 is 2.62 bits per heavy atom. The smallest absolute Gasteiger partial charge is 0.123 e. The summed E-state index contributed by atoms with van der Waals surface area (Å²) in [6.45, 7) is 9.91. The maximum atomic E-state index is 13.6. The fraction of sp³-hybridized carbons (Fsp3) is 0.625. The minimum absolute atomic E-state index is 0.0204. The first kappa shape index (κ1) is 16.2. The van der Waals surface area contributed by atoms with Crippen molar-refractivity contribution in [3.63, 3.8) is 0 Å². The van der Waals surface area contributed by atoms with Gasteiger partial charge in [0.2, 0.25) is 0 Å². The molecule has 1 aliphatic rings. The molecule has 0 saturated carbocycles. The molecule has 1 unspecified atom stereocenters. The average molecular weight is 295 g/mol. The van der Waals surface area contributed by atoms with Gasteiger partial charge in [0.15, 0.2) is 0 Å². The second-order valence-electron chi connectivity index (χ2n) is 5.52. The van der Waals surface area contributed by atoms with Crippen LogP contribution in [-0.2, 0) is 0 Å². The average Bonchev–Trinajstić information content (AvgIpc) is 2.52.